The molecule has 19 heavy (non-hydrogen) atoms. The zero-order chi connectivity index (χ0) is 13.2. The number of thiazole rings is 1. The number of carbonyl (C=O) groups is 1. The number of carbonyl (C=O) groups excluding carboxylic acids is 1. The summed E-state index contributed by atoms with van der Waals surface area (Å²) < 4.78 is 2.86. The highest BCUT2D eigenvalue weighted by Gasteiger charge is 2.08. The minimum atomic E-state index is -0.0659. The van der Waals surface area contributed by atoms with Crippen LogP contribution in [0.5, 0.6) is 0 Å². The Morgan fingerprint density at radius 3 is 3.16 bits per heavy atom. The Morgan fingerprint density at radius 2 is 2.37 bits per heavy atom. The molecule has 0 saturated carbocycles. The van der Waals surface area contributed by atoms with Crippen LogP contribution in [0.4, 0.5) is 5.69 Å². The van der Waals surface area contributed by atoms with Gasteiger partial charge < -0.3 is 5.32 Å². The molecule has 1 N–H and O–H groups in total. The molecular formula is C13H10BrN3OS. The summed E-state index contributed by atoms with van der Waals surface area (Å²) >= 11 is 4.93. The summed E-state index contributed by atoms with van der Waals surface area (Å²) in [6.45, 7) is 0. The fourth-order valence-corrected chi connectivity index (χ4v) is 2.92. The van der Waals surface area contributed by atoms with E-state index >= 15 is 0 Å². The monoisotopic (exact) mass is 335 g/mol. The van der Waals surface area contributed by atoms with Crippen molar-refractivity contribution in [2.24, 2.45) is 0 Å². The van der Waals surface area contributed by atoms with Gasteiger partial charge in [-0.25, -0.2) is 4.98 Å². The topological polar surface area (TPSA) is 46.4 Å². The molecule has 3 rings (SSSR count). The molecule has 0 atom stereocenters. The van der Waals surface area contributed by atoms with Gasteiger partial charge in [-0.05, 0) is 18.2 Å². The number of amides is 1. The number of aromatic nitrogens is 2. The zero-order valence-corrected chi connectivity index (χ0v) is 12.2. The molecule has 0 fully saturated rings. The minimum absolute atomic E-state index is 0.0659. The summed E-state index contributed by atoms with van der Waals surface area (Å²) in [7, 11) is 0. The molecule has 3 aromatic rings. The number of anilines is 1. The van der Waals surface area contributed by atoms with E-state index in [4.69, 9.17) is 0 Å². The third-order valence-electron chi connectivity index (χ3n) is 2.59. The van der Waals surface area contributed by atoms with E-state index in [-0.39, 0.29) is 12.3 Å². The largest absolute Gasteiger partial charge is 0.326 e. The van der Waals surface area contributed by atoms with Crippen molar-refractivity contribution in [1.29, 1.82) is 0 Å². The molecule has 96 valence electrons. The van der Waals surface area contributed by atoms with Crippen LogP contribution in [-0.4, -0.2) is 15.3 Å². The van der Waals surface area contributed by atoms with Crippen molar-refractivity contribution in [2.75, 3.05) is 5.32 Å². The zero-order valence-electron chi connectivity index (χ0n) is 9.84. The van der Waals surface area contributed by atoms with Crippen molar-refractivity contribution < 1.29 is 4.79 Å². The molecule has 0 unspecified atom stereocenters. The van der Waals surface area contributed by atoms with Gasteiger partial charge in [-0.3, -0.25) is 9.20 Å². The van der Waals surface area contributed by atoms with Gasteiger partial charge in [0.1, 0.15) is 0 Å². The predicted octanol–water partition coefficient (Wildman–Crippen LogP) is 3.34. The first kappa shape index (κ1) is 12.4. The highest BCUT2D eigenvalue weighted by molar-refractivity contribution is 9.10. The lowest BCUT2D eigenvalue weighted by molar-refractivity contribution is -0.115. The SMILES string of the molecule is O=C(Cc1cn2ccsc2n1)Nc1cccc(Br)c1. The number of halogens is 1. The summed E-state index contributed by atoms with van der Waals surface area (Å²) in [5.74, 6) is -0.0659. The lowest BCUT2D eigenvalue weighted by Gasteiger charge is -2.04. The van der Waals surface area contributed by atoms with Gasteiger partial charge in [0.05, 0.1) is 12.1 Å². The Labute approximate surface area is 122 Å². The number of imidazole rings is 1. The maximum atomic E-state index is 11.9. The number of nitrogens with zero attached hydrogens (tertiary/aromatic N) is 2. The van der Waals surface area contributed by atoms with E-state index < -0.39 is 0 Å². The van der Waals surface area contributed by atoms with Gasteiger partial charge in [0.25, 0.3) is 0 Å². The van der Waals surface area contributed by atoms with Crippen LogP contribution in [0.1, 0.15) is 5.69 Å². The molecule has 0 radical (unpaired) electrons. The van der Waals surface area contributed by atoms with E-state index in [0.717, 1.165) is 20.8 Å². The molecule has 0 bridgehead atoms. The van der Waals surface area contributed by atoms with Gasteiger partial charge in [-0.2, -0.15) is 0 Å². The molecule has 2 aromatic heterocycles. The van der Waals surface area contributed by atoms with Crippen LogP contribution in [0.3, 0.4) is 0 Å². The van der Waals surface area contributed by atoms with Gasteiger partial charge >= 0.3 is 0 Å². The van der Waals surface area contributed by atoms with Crippen molar-refractivity contribution in [1.82, 2.24) is 9.38 Å². The first-order chi connectivity index (χ1) is 9.20. The van der Waals surface area contributed by atoms with E-state index in [0.29, 0.717) is 0 Å². The van der Waals surface area contributed by atoms with Crippen LogP contribution in [0.2, 0.25) is 0 Å². The van der Waals surface area contributed by atoms with E-state index in [2.05, 4.69) is 26.2 Å². The fraction of sp³-hybridized carbons (Fsp3) is 0.0769. The fourth-order valence-electron chi connectivity index (χ4n) is 1.80. The number of benzene rings is 1. The number of hydrogen-bond acceptors (Lipinski definition) is 3. The van der Waals surface area contributed by atoms with Crippen LogP contribution in [-0.2, 0) is 11.2 Å². The van der Waals surface area contributed by atoms with Gasteiger partial charge in [-0.1, -0.05) is 22.0 Å². The van der Waals surface area contributed by atoms with Crippen molar-refractivity contribution in [3.05, 3.63) is 52.2 Å². The summed E-state index contributed by atoms with van der Waals surface area (Å²) in [5.41, 5.74) is 1.56. The van der Waals surface area contributed by atoms with Crippen molar-refractivity contribution >= 4 is 43.8 Å². The summed E-state index contributed by atoms with van der Waals surface area (Å²) in [4.78, 5) is 17.2. The third-order valence-corrected chi connectivity index (χ3v) is 3.86. The maximum Gasteiger partial charge on any atom is 0.230 e. The molecule has 1 aromatic carbocycles. The number of nitrogens with one attached hydrogen (secondary N) is 1. The van der Waals surface area contributed by atoms with Gasteiger partial charge in [0.2, 0.25) is 5.91 Å². The highest BCUT2D eigenvalue weighted by Crippen LogP contribution is 2.16. The molecule has 0 aliphatic rings. The number of hydrogen-bond donors (Lipinski definition) is 1. The molecule has 4 nitrogen and oxygen atoms in total. The summed E-state index contributed by atoms with van der Waals surface area (Å²) in [5, 5.41) is 4.82. The average Bonchev–Trinajstić information content (AvgIpc) is 2.89. The van der Waals surface area contributed by atoms with Crippen LogP contribution < -0.4 is 5.32 Å². The quantitative estimate of drug-likeness (QED) is 0.797. The standard InChI is InChI=1S/C13H10BrN3OS/c14-9-2-1-3-10(6-9)15-12(18)7-11-8-17-4-5-19-13(17)16-11/h1-6,8H,7H2,(H,15,18). The molecule has 1 amide bonds. The van der Waals surface area contributed by atoms with Crippen molar-refractivity contribution in [3.8, 4) is 0 Å². The van der Waals surface area contributed by atoms with E-state index in [1.165, 1.54) is 0 Å². The van der Waals surface area contributed by atoms with Gasteiger partial charge in [0, 0.05) is 27.9 Å². The third kappa shape index (κ3) is 2.85. The Balaban J connectivity index is 1.69. The van der Waals surface area contributed by atoms with Crippen LogP contribution >= 0.6 is 27.3 Å². The van der Waals surface area contributed by atoms with Crippen LogP contribution in [0.15, 0.2) is 46.5 Å². The summed E-state index contributed by atoms with van der Waals surface area (Å²) in [6, 6.07) is 7.52. The second kappa shape index (κ2) is 5.14. The van der Waals surface area contributed by atoms with Crippen LogP contribution in [0, 0.1) is 0 Å². The van der Waals surface area contributed by atoms with E-state index in [1.807, 2.05) is 46.4 Å². The molecule has 0 saturated heterocycles. The summed E-state index contributed by atoms with van der Waals surface area (Å²) in [6.07, 6.45) is 4.09. The Kier molecular flexibility index (Phi) is 3.35. The van der Waals surface area contributed by atoms with Crippen LogP contribution in [0.25, 0.3) is 4.96 Å². The molecule has 0 aliphatic carbocycles. The molecule has 0 spiro atoms. The first-order valence-corrected chi connectivity index (χ1v) is 7.34. The predicted molar refractivity (Wildman–Crippen MR) is 79.5 cm³/mol. The van der Waals surface area contributed by atoms with Crippen molar-refractivity contribution in [2.45, 2.75) is 6.42 Å². The lowest BCUT2D eigenvalue weighted by Crippen LogP contribution is -2.14. The number of fused-ring (bicyclic) bond motifs is 1. The first-order valence-electron chi connectivity index (χ1n) is 5.67. The average molecular weight is 336 g/mol. The molecule has 2 heterocycles. The highest BCUT2D eigenvalue weighted by atomic mass is 79.9. The normalized spacial score (nSPS) is 10.8. The Bertz CT molecular complexity index is 706. The second-order valence-corrected chi connectivity index (χ2v) is 5.85. The van der Waals surface area contributed by atoms with E-state index in [1.54, 1.807) is 11.3 Å². The molecule has 0 aliphatic heterocycles. The van der Waals surface area contributed by atoms with Gasteiger partial charge in [-0.15, -0.1) is 11.3 Å². The van der Waals surface area contributed by atoms with Crippen molar-refractivity contribution in [3.63, 3.8) is 0 Å². The van der Waals surface area contributed by atoms with Gasteiger partial charge in [0.15, 0.2) is 4.96 Å². The smallest absolute Gasteiger partial charge is 0.230 e. The lowest BCUT2D eigenvalue weighted by atomic mass is 10.3. The second-order valence-electron chi connectivity index (χ2n) is 4.06. The maximum absolute atomic E-state index is 11.9. The molecule has 6 heteroatoms. The minimum Gasteiger partial charge on any atom is -0.326 e. The van der Waals surface area contributed by atoms with E-state index in [9.17, 15) is 4.79 Å². The molecular weight excluding hydrogens is 326 g/mol. The number of rotatable bonds is 3. The Hall–Kier alpha value is -1.66. The Morgan fingerprint density at radius 1 is 1.47 bits per heavy atom.